The van der Waals surface area contributed by atoms with Crippen LogP contribution in [0.5, 0.6) is 11.6 Å². The van der Waals surface area contributed by atoms with E-state index in [1.165, 1.54) is 0 Å². The van der Waals surface area contributed by atoms with E-state index < -0.39 is 35.7 Å². The van der Waals surface area contributed by atoms with E-state index in [0.29, 0.717) is 6.07 Å². The molecule has 0 spiro atoms. The number of carbonyl (C=O) groups is 1. The van der Waals surface area contributed by atoms with Crippen LogP contribution in [0.3, 0.4) is 0 Å². The number of hydrogen-bond acceptors (Lipinski definition) is 4. The summed E-state index contributed by atoms with van der Waals surface area (Å²) < 4.78 is 68.9. The Bertz CT molecular complexity index is 447. The highest BCUT2D eigenvalue weighted by atomic mass is 19.4. The smallest absolute Gasteiger partial charge is 0.481 e. The molecule has 0 amide bonds. The molecule has 0 bridgehead atoms. The molecule has 1 heterocycles. The Kier molecular flexibility index (Phi) is 4.04. The van der Waals surface area contributed by atoms with Crippen molar-refractivity contribution in [2.24, 2.45) is 0 Å². The summed E-state index contributed by atoms with van der Waals surface area (Å²) in [5.41, 5.74) is -1.68. The number of halogens is 5. The maximum absolute atomic E-state index is 12.5. The van der Waals surface area contributed by atoms with Gasteiger partial charge in [0, 0.05) is 0 Å². The zero-order valence-corrected chi connectivity index (χ0v) is 8.79. The first-order valence-electron chi connectivity index (χ1n) is 4.36. The summed E-state index contributed by atoms with van der Waals surface area (Å²) in [6.45, 7) is 0. The number of pyridine rings is 1. The minimum atomic E-state index is -5.12. The van der Waals surface area contributed by atoms with E-state index in [-0.39, 0.29) is 6.29 Å². The van der Waals surface area contributed by atoms with Gasteiger partial charge in [-0.25, -0.2) is 13.8 Å². The number of carbonyl (C=O) groups excluding carboxylic acids is 1. The molecule has 9 heteroatoms. The van der Waals surface area contributed by atoms with Crippen molar-refractivity contribution in [3.63, 3.8) is 0 Å². The first kappa shape index (κ1) is 14.1. The predicted molar refractivity (Wildman–Crippen MR) is 47.8 cm³/mol. The number of ether oxygens (including phenoxy) is 2. The van der Waals surface area contributed by atoms with Crippen LogP contribution in [0.15, 0.2) is 6.07 Å². The van der Waals surface area contributed by atoms with Crippen LogP contribution in [0.4, 0.5) is 22.0 Å². The molecule has 0 aliphatic heterocycles. The van der Waals surface area contributed by atoms with Crippen LogP contribution in [0.1, 0.15) is 22.5 Å². The van der Waals surface area contributed by atoms with E-state index in [2.05, 4.69) is 14.5 Å². The highest BCUT2D eigenvalue weighted by Crippen LogP contribution is 2.34. The second kappa shape index (κ2) is 5.15. The fraction of sp³-hybridized carbons (Fsp3) is 0.333. The van der Waals surface area contributed by atoms with Crippen molar-refractivity contribution >= 4 is 6.29 Å². The molecule has 0 unspecified atom stereocenters. The van der Waals surface area contributed by atoms with Crippen molar-refractivity contribution in [1.82, 2.24) is 4.98 Å². The summed E-state index contributed by atoms with van der Waals surface area (Å²) >= 11 is 0. The number of hydrogen-bond donors (Lipinski definition) is 0. The van der Waals surface area contributed by atoms with Crippen molar-refractivity contribution in [1.29, 1.82) is 0 Å². The van der Waals surface area contributed by atoms with Gasteiger partial charge in [-0.2, -0.15) is 0 Å². The topological polar surface area (TPSA) is 48.4 Å². The van der Waals surface area contributed by atoms with Gasteiger partial charge < -0.3 is 9.47 Å². The highest BCUT2D eigenvalue weighted by Gasteiger charge is 2.33. The van der Waals surface area contributed by atoms with Crippen LogP contribution in [-0.4, -0.2) is 24.7 Å². The van der Waals surface area contributed by atoms with E-state index in [0.717, 1.165) is 7.11 Å². The van der Waals surface area contributed by atoms with Gasteiger partial charge in [0.2, 0.25) is 5.88 Å². The van der Waals surface area contributed by atoms with E-state index in [1.54, 1.807) is 0 Å². The zero-order valence-electron chi connectivity index (χ0n) is 8.79. The van der Waals surface area contributed by atoms with Gasteiger partial charge in [-0.1, -0.05) is 0 Å². The Hall–Kier alpha value is -1.93. The zero-order chi connectivity index (χ0) is 13.9. The van der Waals surface area contributed by atoms with E-state index in [1.807, 2.05) is 0 Å². The first-order chi connectivity index (χ1) is 8.28. The second-order valence-corrected chi connectivity index (χ2v) is 2.94. The predicted octanol–water partition coefficient (Wildman–Crippen LogP) is 2.74. The van der Waals surface area contributed by atoms with Crippen molar-refractivity contribution in [2.45, 2.75) is 12.8 Å². The number of aromatic nitrogens is 1. The quantitative estimate of drug-likeness (QED) is 0.624. The van der Waals surface area contributed by atoms with Crippen LogP contribution >= 0.6 is 0 Å². The van der Waals surface area contributed by atoms with Crippen molar-refractivity contribution in [3.8, 4) is 11.6 Å². The van der Waals surface area contributed by atoms with E-state index >= 15 is 0 Å². The SMILES string of the molecule is COc1nc(C=O)c(OC(F)(F)F)cc1C(F)F. The molecule has 0 fully saturated rings. The van der Waals surface area contributed by atoms with Crippen molar-refractivity contribution < 1.29 is 36.2 Å². The number of methoxy groups -OCH3 is 1. The van der Waals surface area contributed by atoms with Gasteiger partial charge >= 0.3 is 6.36 Å². The summed E-state index contributed by atoms with van der Waals surface area (Å²) in [5, 5.41) is 0. The number of alkyl halides is 5. The molecule has 0 aliphatic carbocycles. The monoisotopic (exact) mass is 271 g/mol. The molecular weight excluding hydrogens is 265 g/mol. The molecule has 0 saturated heterocycles. The van der Waals surface area contributed by atoms with E-state index in [9.17, 15) is 26.7 Å². The van der Waals surface area contributed by atoms with Crippen LogP contribution in [-0.2, 0) is 0 Å². The van der Waals surface area contributed by atoms with Crippen LogP contribution in [0.2, 0.25) is 0 Å². The molecule has 0 aromatic carbocycles. The summed E-state index contributed by atoms with van der Waals surface area (Å²) in [6, 6.07) is 0.369. The fourth-order valence-corrected chi connectivity index (χ4v) is 1.12. The molecule has 0 N–H and O–H groups in total. The Labute approximate surface area is 97.3 Å². The maximum atomic E-state index is 12.5. The van der Waals surface area contributed by atoms with Crippen LogP contribution in [0, 0.1) is 0 Å². The molecule has 100 valence electrons. The third kappa shape index (κ3) is 3.28. The normalized spacial score (nSPS) is 11.5. The summed E-state index contributed by atoms with van der Waals surface area (Å²) in [6.07, 6.45) is -8.30. The van der Waals surface area contributed by atoms with Gasteiger partial charge in [-0.15, -0.1) is 13.2 Å². The fourth-order valence-electron chi connectivity index (χ4n) is 1.12. The molecule has 1 aromatic rings. The third-order valence-electron chi connectivity index (χ3n) is 1.77. The molecule has 0 atom stereocenters. The molecule has 18 heavy (non-hydrogen) atoms. The molecule has 0 saturated carbocycles. The summed E-state index contributed by atoms with van der Waals surface area (Å²) in [4.78, 5) is 13.7. The average Bonchev–Trinajstić information content (AvgIpc) is 2.26. The summed E-state index contributed by atoms with van der Waals surface area (Å²) in [7, 11) is 0.993. The van der Waals surface area contributed by atoms with Gasteiger partial charge in [0.25, 0.3) is 6.43 Å². The van der Waals surface area contributed by atoms with Gasteiger partial charge in [-0.3, -0.25) is 4.79 Å². The van der Waals surface area contributed by atoms with Gasteiger partial charge in [0.1, 0.15) is 5.69 Å². The second-order valence-electron chi connectivity index (χ2n) is 2.94. The van der Waals surface area contributed by atoms with E-state index in [4.69, 9.17) is 0 Å². The summed E-state index contributed by atoms with van der Waals surface area (Å²) in [5.74, 6) is -1.74. The molecule has 0 radical (unpaired) electrons. The van der Waals surface area contributed by atoms with Gasteiger partial charge in [0.05, 0.1) is 12.7 Å². The van der Waals surface area contributed by atoms with Crippen molar-refractivity contribution in [3.05, 3.63) is 17.3 Å². The average molecular weight is 271 g/mol. The van der Waals surface area contributed by atoms with Gasteiger partial charge in [0.15, 0.2) is 12.0 Å². The standard InChI is InChI=1S/C9H6F5NO3/c1-17-8-4(7(10)11)2-6(5(3-16)15-8)18-9(12,13)14/h2-3,7H,1H3. The molecule has 4 nitrogen and oxygen atoms in total. The maximum Gasteiger partial charge on any atom is 0.573 e. The number of nitrogens with zero attached hydrogens (tertiary/aromatic N) is 1. The Morgan fingerprint density at radius 2 is 2.00 bits per heavy atom. The highest BCUT2D eigenvalue weighted by molar-refractivity contribution is 5.77. The lowest BCUT2D eigenvalue weighted by Gasteiger charge is -2.13. The first-order valence-corrected chi connectivity index (χ1v) is 4.36. The third-order valence-corrected chi connectivity index (χ3v) is 1.77. The minimum absolute atomic E-state index is 0.0567. The van der Waals surface area contributed by atoms with Crippen LogP contribution < -0.4 is 9.47 Å². The Balaban J connectivity index is 3.32. The lowest BCUT2D eigenvalue weighted by molar-refractivity contribution is -0.274. The number of rotatable bonds is 4. The molecule has 1 rings (SSSR count). The van der Waals surface area contributed by atoms with Crippen LogP contribution in [0.25, 0.3) is 0 Å². The minimum Gasteiger partial charge on any atom is -0.481 e. The Morgan fingerprint density at radius 1 is 1.39 bits per heavy atom. The van der Waals surface area contributed by atoms with Gasteiger partial charge in [-0.05, 0) is 6.07 Å². The Morgan fingerprint density at radius 3 is 2.39 bits per heavy atom. The lowest BCUT2D eigenvalue weighted by atomic mass is 10.2. The largest absolute Gasteiger partial charge is 0.573 e. The molecular formula is C9H6F5NO3. The number of aldehydes is 1. The molecule has 1 aromatic heterocycles. The molecule has 0 aliphatic rings. The van der Waals surface area contributed by atoms with Crippen molar-refractivity contribution in [2.75, 3.05) is 7.11 Å². The lowest BCUT2D eigenvalue weighted by Crippen LogP contribution is -2.19.